The maximum absolute atomic E-state index is 13.3. The van der Waals surface area contributed by atoms with E-state index in [4.69, 9.17) is 14.5 Å². The average Bonchev–Trinajstić information content (AvgIpc) is 3.22. The summed E-state index contributed by atoms with van der Waals surface area (Å²) in [7, 11) is 2.70. The number of thiazole rings is 1. The molecule has 0 bridgehead atoms. The highest BCUT2D eigenvalue weighted by molar-refractivity contribution is 7.16. The molecule has 1 aliphatic rings. The second-order valence-corrected chi connectivity index (χ2v) is 9.86. The Hall–Kier alpha value is -3.65. The monoisotopic (exact) mass is 491 g/mol. The number of nitrogens with zero attached hydrogens (tertiary/aromatic N) is 1. The van der Waals surface area contributed by atoms with E-state index in [1.165, 1.54) is 25.6 Å². The largest absolute Gasteiger partial charge is 0.469 e. The Kier molecular flexibility index (Phi) is 6.93. The van der Waals surface area contributed by atoms with Crippen molar-refractivity contribution in [1.82, 2.24) is 10.3 Å². The lowest BCUT2D eigenvalue weighted by atomic mass is 9.71. The van der Waals surface area contributed by atoms with Crippen LogP contribution in [0.3, 0.4) is 0 Å². The first-order valence-electron chi connectivity index (χ1n) is 11.3. The first-order chi connectivity index (χ1) is 16.8. The molecule has 4 rings (SSSR count). The molecule has 0 amide bonds. The van der Waals surface area contributed by atoms with Crippen LogP contribution in [0, 0.1) is 12.8 Å². The van der Waals surface area contributed by atoms with Gasteiger partial charge in [-0.15, -0.1) is 11.3 Å². The minimum atomic E-state index is -1.01. The van der Waals surface area contributed by atoms with Crippen molar-refractivity contribution in [2.45, 2.75) is 32.4 Å². The molecule has 2 N–H and O–H groups in total. The van der Waals surface area contributed by atoms with Gasteiger partial charge in [-0.2, -0.15) is 0 Å². The lowest BCUT2D eigenvalue weighted by Crippen LogP contribution is -2.62. The van der Waals surface area contributed by atoms with Crippen LogP contribution in [0.1, 0.15) is 30.2 Å². The molecule has 0 saturated carbocycles. The van der Waals surface area contributed by atoms with Gasteiger partial charge in [-0.1, -0.05) is 60.7 Å². The van der Waals surface area contributed by atoms with E-state index in [-0.39, 0.29) is 0 Å². The van der Waals surface area contributed by atoms with Crippen LogP contribution in [0.25, 0.3) is 11.3 Å². The quantitative estimate of drug-likeness (QED) is 0.476. The summed E-state index contributed by atoms with van der Waals surface area (Å²) in [6.07, 6.45) is 0. The fourth-order valence-electron chi connectivity index (χ4n) is 4.82. The van der Waals surface area contributed by atoms with E-state index in [1.807, 2.05) is 81.4 Å². The molecule has 2 heterocycles. The third kappa shape index (κ3) is 4.66. The summed E-state index contributed by atoms with van der Waals surface area (Å²) in [5.41, 5.74) is 2.73. The zero-order valence-electron chi connectivity index (χ0n) is 20.4. The van der Waals surface area contributed by atoms with Crippen molar-refractivity contribution < 1.29 is 19.1 Å². The summed E-state index contributed by atoms with van der Waals surface area (Å²) in [6.45, 7) is 5.73. The molecule has 0 saturated heterocycles. The number of anilines is 1. The number of ether oxygens (including phenoxy) is 2. The summed E-state index contributed by atoms with van der Waals surface area (Å²) >= 11 is 1.51. The number of hydrogen-bond donors (Lipinski definition) is 2. The number of aryl methyl sites for hydroxylation is 1. The third-order valence-electron chi connectivity index (χ3n) is 6.35. The predicted octanol–water partition coefficient (Wildman–Crippen LogP) is 4.87. The molecule has 0 fully saturated rings. The molecule has 182 valence electrons. The number of hydrogen-bond acceptors (Lipinski definition) is 8. The molecule has 7 nitrogen and oxygen atoms in total. The third-order valence-corrected chi connectivity index (χ3v) is 7.23. The van der Waals surface area contributed by atoms with Gasteiger partial charge in [0.05, 0.1) is 25.5 Å². The van der Waals surface area contributed by atoms with Crippen molar-refractivity contribution >= 4 is 28.4 Å². The minimum absolute atomic E-state index is 0.397. The molecule has 3 aromatic rings. The molecular weight excluding hydrogens is 462 g/mol. The molecule has 1 aromatic heterocycles. The summed E-state index contributed by atoms with van der Waals surface area (Å²) in [4.78, 5) is 32.1. The zero-order valence-corrected chi connectivity index (χ0v) is 21.2. The fraction of sp³-hybridized carbons (Fsp3) is 0.296. The summed E-state index contributed by atoms with van der Waals surface area (Å²) in [5, 5.41) is 7.50. The van der Waals surface area contributed by atoms with Gasteiger partial charge >= 0.3 is 11.9 Å². The molecule has 1 aliphatic heterocycles. The van der Waals surface area contributed by atoms with Crippen molar-refractivity contribution in [3.8, 4) is 11.3 Å². The Labute approximate surface area is 209 Å². The molecule has 0 aliphatic carbocycles. The highest BCUT2D eigenvalue weighted by Crippen LogP contribution is 2.45. The smallest absolute Gasteiger partial charge is 0.336 e. The molecule has 8 heteroatoms. The van der Waals surface area contributed by atoms with Gasteiger partial charge in [0.15, 0.2) is 5.13 Å². The van der Waals surface area contributed by atoms with Crippen molar-refractivity contribution in [1.29, 1.82) is 0 Å². The van der Waals surface area contributed by atoms with Gasteiger partial charge in [0.2, 0.25) is 0 Å². The molecule has 0 spiro atoms. The fourth-order valence-corrected chi connectivity index (χ4v) is 5.77. The number of nitrogens with one attached hydrogen (secondary N) is 2. The van der Waals surface area contributed by atoms with Crippen LogP contribution in [0.2, 0.25) is 0 Å². The Morgan fingerprint density at radius 3 is 2.23 bits per heavy atom. The van der Waals surface area contributed by atoms with Crippen molar-refractivity contribution in [3.63, 3.8) is 0 Å². The Morgan fingerprint density at radius 1 is 1.00 bits per heavy atom. The minimum Gasteiger partial charge on any atom is -0.469 e. The van der Waals surface area contributed by atoms with E-state index in [0.29, 0.717) is 16.4 Å². The number of carbonyl (C=O) groups is 2. The highest BCUT2D eigenvalue weighted by atomic mass is 32.1. The standard InChI is InChI=1S/C27H29N3O4S/c1-16-20(24(31)33-4)21(18-12-8-6-9-13-18)22(25(32)34-5)27(3,29-16)30-26-28-23(17(2)35-26)19-14-10-7-11-15-19/h6-15,21-22,29H,1-5H3,(H,28,30). The van der Waals surface area contributed by atoms with Gasteiger partial charge < -0.3 is 20.1 Å². The van der Waals surface area contributed by atoms with E-state index in [2.05, 4.69) is 10.6 Å². The molecule has 0 radical (unpaired) electrons. The number of rotatable bonds is 6. The number of esters is 2. The van der Waals surface area contributed by atoms with Crippen LogP contribution in [0.4, 0.5) is 5.13 Å². The second-order valence-electron chi connectivity index (χ2n) is 8.66. The Balaban J connectivity index is 1.82. The van der Waals surface area contributed by atoms with Gasteiger partial charge in [0.1, 0.15) is 11.6 Å². The first-order valence-corrected chi connectivity index (χ1v) is 12.1. The topological polar surface area (TPSA) is 89.5 Å². The van der Waals surface area contributed by atoms with Gasteiger partial charge in [0.25, 0.3) is 0 Å². The van der Waals surface area contributed by atoms with Gasteiger partial charge in [-0.25, -0.2) is 9.78 Å². The predicted molar refractivity (Wildman–Crippen MR) is 137 cm³/mol. The summed E-state index contributed by atoms with van der Waals surface area (Å²) < 4.78 is 10.4. The lowest BCUT2D eigenvalue weighted by molar-refractivity contribution is -0.149. The van der Waals surface area contributed by atoms with Crippen molar-refractivity contribution in [2.24, 2.45) is 5.92 Å². The van der Waals surface area contributed by atoms with Gasteiger partial charge in [0, 0.05) is 22.1 Å². The van der Waals surface area contributed by atoms with Crippen LogP contribution in [-0.2, 0) is 19.1 Å². The highest BCUT2D eigenvalue weighted by Gasteiger charge is 2.52. The maximum atomic E-state index is 13.3. The Morgan fingerprint density at radius 2 is 1.63 bits per heavy atom. The molecule has 3 atom stereocenters. The first kappa shape index (κ1) is 24.5. The van der Waals surface area contributed by atoms with Gasteiger partial charge in [-0.05, 0) is 26.3 Å². The van der Waals surface area contributed by atoms with Crippen LogP contribution in [-0.4, -0.2) is 36.8 Å². The molecule has 3 unspecified atom stereocenters. The number of allylic oxidation sites excluding steroid dienone is 1. The lowest BCUT2D eigenvalue weighted by Gasteiger charge is -2.46. The zero-order chi connectivity index (χ0) is 25.2. The van der Waals surface area contributed by atoms with Gasteiger partial charge in [-0.3, -0.25) is 4.79 Å². The van der Waals surface area contributed by atoms with Crippen molar-refractivity contribution in [3.05, 3.63) is 82.4 Å². The van der Waals surface area contributed by atoms with E-state index in [0.717, 1.165) is 21.7 Å². The number of aromatic nitrogens is 1. The molecular formula is C27H29N3O4S. The number of methoxy groups -OCH3 is 2. The second kappa shape index (κ2) is 9.92. The number of benzene rings is 2. The number of carbonyl (C=O) groups excluding carboxylic acids is 2. The molecule has 2 aromatic carbocycles. The van der Waals surface area contributed by atoms with Crippen LogP contribution in [0.5, 0.6) is 0 Å². The van der Waals surface area contributed by atoms with E-state index in [9.17, 15) is 9.59 Å². The maximum Gasteiger partial charge on any atom is 0.336 e. The van der Waals surface area contributed by atoms with Crippen LogP contribution in [0.15, 0.2) is 71.9 Å². The van der Waals surface area contributed by atoms with E-state index >= 15 is 0 Å². The van der Waals surface area contributed by atoms with E-state index in [1.54, 1.807) is 0 Å². The normalized spacial score (nSPS) is 21.7. The summed E-state index contributed by atoms with van der Waals surface area (Å²) in [5.74, 6) is -2.33. The Bertz CT molecular complexity index is 1260. The van der Waals surface area contributed by atoms with Crippen LogP contribution >= 0.6 is 11.3 Å². The van der Waals surface area contributed by atoms with Crippen LogP contribution < -0.4 is 10.6 Å². The average molecular weight is 492 g/mol. The summed E-state index contributed by atoms with van der Waals surface area (Å²) in [6, 6.07) is 19.4. The molecule has 35 heavy (non-hydrogen) atoms. The van der Waals surface area contributed by atoms with E-state index < -0.39 is 29.4 Å². The van der Waals surface area contributed by atoms with Crippen molar-refractivity contribution in [2.75, 3.05) is 19.5 Å². The SMILES string of the molecule is COC(=O)C1=C(C)NC(C)(Nc2nc(-c3ccccc3)c(C)s2)C(C(=O)OC)C1c1ccccc1.